The number of aryl methyl sites for hydroxylation is 1. The summed E-state index contributed by atoms with van der Waals surface area (Å²) in [5.74, 6) is 0.117. The lowest BCUT2D eigenvalue weighted by Gasteiger charge is -2.20. The Morgan fingerprint density at radius 2 is 2.25 bits per heavy atom. The summed E-state index contributed by atoms with van der Waals surface area (Å²) >= 11 is 0. The van der Waals surface area contributed by atoms with E-state index in [1.54, 1.807) is 6.20 Å². The van der Waals surface area contributed by atoms with Crippen LogP contribution in [0.2, 0.25) is 0 Å². The van der Waals surface area contributed by atoms with Gasteiger partial charge in [0.2, 0.25) is 0 Å². The Bertz CT molecular complexity index is 605. The molecule has 0 spiro atoms. The summed E-state index contributed by atoms with van der Waals surface area (Å²) in [6.45, 7) is 0.860. The molecule has 0 aliphatic rings. The van der Waals surface area contributed by atoms with Crippen molar-refractivity contribution in [2.75, 3.05) is 18.5 Å². The average molecular weight is 273 g/mol. The van der Waals surface area contributed by atoms with E-state index in [9.17, 15) is 0 Å². The van der Waals surface area contributed by atoms with Gasteiger partial charge in [-0.2, -0.15) is 5.10 Å². The van der Waals surface area contributed by atoms with Crippen molar-refractivity contribution >= 4 is 11.5 Å². The number of nitrogens with zero attached hydrogens (tertiary/aromatic N) is 4. The third-order valence-corrected chi connectivity index (χ3v) is 3.32. The van der Waals surface area contributed by atoms with Crippen molar-refractivity contribution < 1.29 is 5.21 Å². The predicted octanol–water partition coefficient (Wildman–Crippen LogP) is 1.19. The topological polar surface area (TPSA) is 79.7 Å². The Balaban J connectivity index is 2.06. The molecule has 3 N–H and O–H groups in total. The number of benzene rings is 1. The van der Waals surface area contributed by atoms with E-state index in [-0.39, 0.29) is 5.84 Å². The molecule has 0 atom stereocenters. The standard InChI is InChI=1S/C14H19N5O/c1-18(9-7-12-6-8-16-19(12)2)13-5-3-4-11(10-13)14(15)17-20/h3-6,8,10,20H,7,9H2,1-2H3,(H2,15,17). The highest BCUT2D eigenvalue weighted by Gasteiger charge is 2.06. The summed E-state index contributed by atoms with van der Waals surface area (Å²) in [4.78, 5) is 2.13. The summed E-state index contributed by atoms with van der Waals surface area (Å²) in [5.41, 5.74) is 8.52. The molecule has 0 aliphatic heterocycles. The highest BCUT2D eigenvalue weighted by molar-refractivity contribution is 5.97. The lowest BCUT2D eigenvalue weighted by Crippen LogP contribution is -2.22. The van der Waals surface area contributed by atoms with Crippen LogP contribution in [0.1, 0.15) is 11.3 Å². The summed E-state index contributed by atoms with van der Waals surface area (Å²) in [6, 6.07) is 9.62. The van der Waals surface area contributed by atoms with Crippen LogP contribution in [-0.2, 0) is 13.5 Å². The molecular weight excluding hydrogens is 254 g/mol. The number of hydrogen-bond acceptors (Lipinski definition) is 4. The van der Waals surface area contributed by atoms with E-state index in [2.05, 4.69) is 15.2 Å². The van der Waals surface area contributed by atoms with Crippen molar-refractivity contribution in [3.8, 4) is 0 Å². The second-order valence-corrected chi connectivity index (χ2v) is 4.65. The molecule has 6 heteroatoms. The zero-order chi connectivity index (χ0) is 14.5. The van der Waals surface area contributed by atoms with Crippen molar-refractivity contribution in [2.45, 2.75) is 6.42 Å². The van der Waals surface area contributed by atoms with E-state index in [0.29, 0.717) is 5.56 Å². The van der Waals surface area contributed by atoms with Gasteiger partial charge < -0.3 is 15.8 Å². The maximum atomic E-state index is 8.72. The molecular formula is C14H19N5O. The zero-order valence-electron chi connectivity index (χ0n) is 11.7. The van der Waals surface area contributed by atoms with Gasteiger partial charge in [0.05, 0.1) is 0 Å². The smallest absolute Gasteiger partial charge is 0.170 e. The summed E-state index contributed by atoms with van der Waals surface area (Å²) in [6.07, 6.45) is 2.70. The number of oxime groups is 1. The lowest BCUT2D eigenvalue weighted by molar-refractivity contribution is 0.318. The van der Waals surface area contributed by atoms with Gasteiger partial charge in [-0.25, -0.2) is 0 Å². The van der Waals surface area contributed by atoms with Crippen LogP contribution in [0, 0.1) is 0 Å². The molecule has 0 saturated carbocycles. The van der Waals surface area contributed by atoms with E-state index < -0.39 is 0 Å². The SMILES string of the molecule is CN(CCc1ccnn1C)c1cccc(/C(N)=N/O)c1. The first-order valence-corrected chi connectivity index (χ1v) is 6.38. The van der Waals surface area contributed by atoms with Crippen LogP contribution in [0.25, 0.3) is 0 Å². The van der Waals surface area contributed by atoms with Gasteiger partial charge in [0, 0.05) is 50.2 Å². The average Bonchev–Trinajstić information content (AvgIpc) is 2.89. The van der Waals surface area contributed by atoms with Crippen LogP contribution in [0.4, 0.5) is 5.69 Å². The molecule has 20 heavy (non-hydrogen) atoms. The Hall–Kier alpha value is -2.50. The molecule has 0 saturated heterocycles. The predicted molar refractivity (Wildman–Crippen MR) is 79.1 cm³/mol. The molecule has 0 amide bonds. The summed E-state index contributed by atoms with van der Waals surface area (Å²) in [7, 11) is 3.95. The second kappa shape index (κ2) is 6.10. The van der Waals surface area contributed by atoms with Crippen LogP contribution >= 0.6 is 0 Å². The number of aromatic nitrogens is 2. The number of amidine groups is 1. The molecule has 1 aromatic carbocycles. The van der Waals surface area contributed by atoms with E-state index in [4.69, 9.17) is 10.9 Å². The normalized spacial score (nSPS) is 11.6. The Kier molecular flexibility index (Phi) is 4.24. The van der Waals surface area contributed by atoms with Crippen molar-refractivity contribution in [1.29, 1.82) is 0 Å². The molecule has 6 nitrogen and oxygen atoms in total. The van der Waals surface area contributed by atoms with Crippen LogP contribution in [0.15, 0.2) is 41.7 Å². The minimum atomic E-state index is 0.117. The number of anilines is 1. The maximum absolute atomic E-state index is 8.72. The molecule has 2 rings (SSSR count). The van der Waals surface area contributed by atoms with Crippen LogP contribution in [0.3, 0.4) is 0 Å². The van der Waals surface area contributed by atoms with Gasteiger partial charge >= 0.3 is 0 Å². The van der Waals surface area contributed by atoms with Gasteiger partial charge in [0.25, 0.3) is 0 Å². The minimum Gasteiger partial charge on any atom is -0.409 e. The summed E-state index contributed by atoms with van der Waals surface area (Å²) < 4.78 is 1.88. The molecule has 1 heterocycles. The van der Waals surface area contributed by atoms with Gasteiger partial charge in [-0.15, -0.1) is 0 Å². The molecule has 0 bridgehead atoms. The highest BCUT2D eigenvalue weighted by atomic mass is 16.4. The molecule has 106 valence electrons. The fourth-order valence-corrected chi connectivity index (χ4v) is 2.02. The quantitative estimate of drug-likeness (QED) is 0.371. The van der Waals surface area contributed by atoms with Gasteiger partial charge in [-0.3, -0.25) is 4.68 Å². The molecule has 0 aliphatic carbocycles. The van der Waals surface area contributed by atoms with Crippen LogP contribution in [-0.4, -0.2) is 34.4 Å². The van der Waals surface area contributed by atoms with E-state index >= 15 is 0 Å². The van der Waals surface area contributed by atoms with Gasteiger partial charge in [0.15, 0.2) is 5.84 Å². The fourth-order valence-electron chi connectivity index (χ4n) is 2.02. The summed E-state index contributed by atoms with van der Waals surface area (Å²) in [5, 5.41) is 15.9. The first-order chi connectivity index (χ1) is 9.61. The number of likely N-dealkylation sites (N-methyl/N-ethyl adjacent to an activating group) is 1. The van der Waals surface area contributed by atoms with E-state index in [1.807, 2.05) is 49.1 Å². The molecule has 1 aromatic heterocycles. The zero-order valence-corrected chi connectivity index (χ0v) is 11.7. The minimum absolute atomic E-state index is 0.117. The molecule has 0 unspecified atom stereocenters. The Morgan fingerprint density at radius 1 is 1.45 bits per heavy atom. The van der Waals surface area contributed by atoms with Gasteiger partial charge in [-0.05, 0) is 18.2 Å². The van der Waals surface area contributed by atoms with E-state index in [0.717, 1.165) is 18.7 Å². The number of rotatable bonds is 5. The number of nitrogens with two attached hydrogens (primary N) is 1. The van der Waals surface area contributed by atoms with Crippen molar-refractivity contribution in [2.24, 2.45) is 17.9 Å². The fraction of sp³-hybridized carbons (Fsp3) is 0.286. The first kappa shape index (κ1) is 13.9. The van der Waals surface area contributed by atoms with Gasteiger partial charge in [0.1, 0.15) is 0 Å². The maximum Gasteiger partial charge on any atom is 0.170 e. The van der Waals surface area contributed by atoms with E-state index in [1.165, 1.54) is 5.69 Å². The first-order valence-electron chi connectivity index (χ1n) is 6.38. The Labute approximate surface area is 118 Å². The third-order valence-electron chi connectivity index (χ3n) is 3.32. The highest BCUT2D eigenvalue weighted by Crippen LogP contribution is 2.15. The van der Waals surface area contributed by atoms with Gasteiger partial charge in [-0.1, -0.05) is 17.3 Å². The largest absolute Gasteiger partial charge is 0.409 e. The number of hydrogen-bond donors (Lipinski definition) is 2. The van der Waals surface area contributed by atoms with Crippen LogP contribution < -0.4 is 10.6 Å². The third kappa shape index (κ3) is 3.09. The van der Waals surface area contributed by atoms with Crippen molar-refractivity contribution in [3.63, 3.8) is 0 Å². The second-order valence-electron chi connectivity index (χ2n) is 4.65. The van der Waals surface area contributed by atoms with Crippen molar-refractivity contribution in [1.82, 2.24) is 9.78 Å². The molecule has 0 fully saturated rings. The van der Waals surface area contributed by atoms with Crippen LogP contribution in [0.5, 0.6) is 0 Å². The molecule has 2 aromatic rings. The monoisotopic (exact) mass is 273 g/mol. The molecule has 0 radical (unpaired) electrons. The van der Waals surface area contributed by atoms with Crippen molar-refractivity contribution in [3.05, 3.63) is 47.8 Å². The Morgan fingerprint density at radius 3 is 2.90 bits per heavy atom. The lowest BCUT2D eigenvalue weighted by atomic mass is 10.1.